The molecule has 0 aliphatic rings. The third kappa shape index (κ3) is 5.02. The Balaban J connectivity index is 1.64. The number of phenolic OH excluding ortho intramolecular Hbond substituents is 1. The van der Waals surface area contributed by atoms with Crippen LogP contribution < -0.4 is 5.32 Å². The van der Waals surface area contributed by atoms with Crippen LogP contribution in [0.5, 0.6) is 5.75 Å². The molecule has 3 aromatic rings. The predicted molar refractivity (Wildman–Crippen MR) is 107 cm³/mol. The zero-order valence-corrected chi connectivity index (χ0v) is 16.3. The summed E-state index contributed by atoms with van der Waals surface area (Å²) in [6.45, 7) is 2.74. The Morgan fingerprint density at radius 3 is 2.74 bits per heavy atom. The highest BCUT2D eigenvalue weighted by Crippen LogP contribution is 2.26. The number of benzene rings is 2. The molecule has 0 aliphatic carbocycles. The van der Waals surface area contributed by atoms with Crippen molar-refractivity contribution in [1.29, 1.82) is 0 Å². The second-order valence-corrected chi connectivity index (χ2v) is 7.16. The van der Waals surface area contributed by atoms with E-state index in [1.807, 2.05) is 41.8 Å². The number of carbonyl (C=O) groups excluding carboxylic acids is 1. The molecule has 0 unspecified atom stereocenters. The molecule has 0 spiro atoms. The van der Waals surface area contributed by atoms with Crippen LogP contribution in [0.15, 0.2) is 53.7 Å². The summed E-state index contributed by atoms with van der Waals surface area (Å²) in [7, 11) is 0. The molecule has 2 N–H and O–H groups in total. The maximum Gasteiger partial charge on any atom is 0.234 e. The van der Waals surface area contributed by atoms with E-state index in [4.69, 9.17) is 11.6 Å². The summed E-state index contributed by atoms with van der Waals surface area (Å²) in [6, 6.07) is 14.5. The molecule has 1 aromatic heterocycles. The SMILES string of the molecule is CCn1c(Cc2ccccc2)nnc1SCC(=O)Nc1cc(O)ccc1Cl. The van der Waals surface area contributed by atoms with E-state index in [0.717, 1.165) is 17.9 Å². The van der Waals surface area contributed by atoms with Gasteiger partial charge in [0.25, 0.3) is 0 Å². The van der Waals surface area contributed by atoms with Crippen LogP contribution in [0.3, 0.4) is 0 Å². The van der Waals surface area contributed by atoms with Crippen LogP contribution in [-0.4, -0.2) is 31.5 Å². The average molecular weight is 403 g/mol. The highest BCUT2D eigenvalue weighted by molar-refractivity contribution is 7.99. The molecular formula is C19H19ClN4O2S. The van der Waals surface area contributed by atoms with Crippen molar-refractivity contribution in [3.05, 3.63) is 64.9 Å². The molecule has 0 saturated carbocycles. The van der Waals surface area contributed by atoms with Crippen LogP contribution >= 0.6 is 23.4 Å². The topological polar surface area (TPSA) is 80.0 Å². The van der Waals surface area contributed by atoms with Crippen LogP contribution in [0.2, 0.25) is 5.02 Å². The fraction of sp³-hybridized carbons (Fsp3) is 0.211. The van der Waals surface area contributed by atoms with E-state index in [1.54, 1.807) is 0 Å². The highest BCUT2D eigenvalue weighted by Gasteiger charge is 2.14. The van der Waals surface area contributed by atoms with Crippen molar-refractivity contribution >= 4 is 35.0 Å². The second-order valence-electron chi connectivity index (χ2n) is 5.81. The van der Waals surface area contributed by atoms with Crippen molar-refractivity contribution in [2.45, 2.75) is 25.0 Å². The van der Waals surface area contributed by atoms with Crippen molar-refractivity contribution < 1.29 is 9.90 Å². The number of thioether (sulfide) groups is 1. The lowest BCUT2D eigenvalue weighted by molar-refractivity contribution is -0.113. The Morgan fingerprint density at radius 2 is 2.00 bits per heavy atom. The quantitative estimate of drug-likeness (QED) is 0.584. The largest absolute Gasteiger partial charge is 0.508 e. The normalized spacial score (nSPS) is 10.7. The summed E-state index contributed by atoms with van der Waals surface area (Å²) in [6.07, 6.45) is 0.688. The first kappa shape index (κ1) is 19.3. The first-order valence-electron chi connectivity index (χ1n) is 8.44. The minimum atomic E-state index is -0.234. The van der Waals surface area contributed by atoms with Crippen LogP contribution in [0.1, 0.15) is 18.3 Å². The van der Waals surface area contributed by atoms with Crippen molar-refractivity contribution in [1.82, 2.24) is 14.8 Å². The molecule has 0 radical (unpaired) electrons. The van der Waals surface area contributed by atoms with E-state index >= 15 is 0 Å². The van der Waals surface area contributed by atoms with Gasteiger partial charge in [0.1, 0.15) is 11.6 Å². The van der Waals surface area contributed by atoms with Gasteiger partial charge in [0, 0.05) is 19.0 Å². The summed E-state index contributed by atoms with van der Waals surface area (Å²) >= 11 is 7.34. The number of rotatable bonds is 7. The zero-order chi connectivity index (χ0) is 19.2. The van der Waals surface area contributed by atoms with Crippen molar-refractivity contribution in [2.75, 3.05) is 11.1 Å². The fourth-order valence-electron chi connectivity index (χ4n) is 2.58. The third-order valence-electron chi connectivity index (χ3n) is 3.87. The average Bonchev–Trinajstić information content (AvgIpc) is 3.05. The monoisotopic (exact) mass is 402 g/mol. The van der Waals surface area contributed by atoms with Gasteiger partial charge in [0.2, 0.25) is 5.91 Å². The summed E-state index contributed by atoms with van der Waals surface area (Å²) < 4.78 is 2.01. The second kappa shape index (κ2) is 8.92. The highest BCUT2D eigenvalue weighted by atomic mass is 35.5. The third-order valence-corrected chi connectivity index (χ3v) is 5.17. The minimum absolute atomic E-state index is 0.0404. The molecule has 1 heterocycles. The molecule has 140 valence electrons. The Labute approximate surface area is 166 Å². The van der Waals surface area contributed by atoms with Crippen molar-refractivity contribution in [3.8, 4) is 5.75 Å². The Morgan fingerprint density at radius 1 is 1.22 bits per heavy atom. The molecule has 0 aliphatic heterocycles. The maximum atomic E-state index is 12.2. The van der Waals surface area contributed by atoms with E-state index in [-0.39, 0.29) is 17.4 Å². The first-order chi connectivity index (χ1) is 13.1. The molecule has 1 amide bonds. The number of hydrogen-bond acceptors (Lipinski definition) is 5. The number of nitrogens with zero attached hydrogens (tertiary/aromatic N) is 3. The number of nitrogens with one attached hydrogen (secondary N) is 1. The van der Waals surface area contributed by atoms with E-state index in [1.165, 1.54) is 30.0 Å². The van der Waals surface area contributed by atoms with Gasteiger partial charge in [-0.05, 0) is 24.6 Å². The Bertz CT molecular complexity index is 931. The van der Waals surface area contributed by atoms with Gasteiger partial charge in [-0.15, -0.1) is 10.2 Å². The standard InChI is InChI=1S/C19H19ClN4O2S/c1-2-24-17(10-13-6-4-3-5-7-13)22-23-19(24)27-12-18(26)21-16-11-14(25)8-9-15(16)20/h3-9,11,25H,2,10,12H2,1H3,(H,21,26). The Kier molecular flexibility index (Phi) is 6.36. The number of aromatic hydroxyl groups is 1. The van der Waals surface area contributed by atoms with Gasteiger partial charge in [-0.25, -0.2) is 0 Å². The molecule has 27 heavy (non-hydrogen) atoms. The van der Waals surface area contributed by atoms with Crippen molar-refractivity contribution in [2.24, 2.45) is 0 Å². The molecule has 0 atom stereocenters. The minimum Gasteiger partial charge on any atom is -0.508 e. The smallest absolute Gasteiger partial charge is 0.234 e. The molecule has 0 bridgehead atoms. The number of phenols is 1. The molecular weight excluding hydrogens is 384 g/mol. The molecule has 8 heteroatoms. The van der Waals surface area contributed by atoms with Gasteiger partial charge in [-0.3, -0.25) is 4.79 Å². The van der Waals surface area contributed by atoms with Crippen LogP contribution in [-0.2, 0) is 17.8 Å². The molecule has 0 saturated heterocycles. The van der Waals surface area contributed by atoms with Crippen molar-refractivity contribution in [3.63, 3.8) is 0 Å². The number of amides is 1. The van der Waals surface area contributed by atoms with Crippen LogP contribution in [0.4, 0.5) is 5.69 Å². The molecule has 6 nitrogen and oxygen atoms in total. The maximum absolute atomic E-state index is 12.2. The predicted octanol–water partition coefficient (Wildman–Crippen LogP) is 3.98. The number of hydrogen-bond donors (Lipinski definition) is 2. The lowest BCUT2D eigenvalue weighted by Gasteiger charge is -2.09. The van der Waals surface area contributed by atoms with Gasteiger partial charge in [-0.1, -0.05) is 53.7 Å². The number of aromatic nitrogens is 3. The van der Waals surface area contributed by atoms with Crippen LogP contribution in [0, 0.1) is 0 Å². The zero-order valence-electron chi connectivity index (χ0n) is 14.7. The van der Waals surface area contributed by atoms with E-state index in [9.17, 15) is 9.90 Å². The van der Waals surface area contributed by atoms with Gasteiger partial charge < -0.3 is 15.0 Å². The summed E-state index contributed by atoms with van der Waals surface area (Å²) in [4.78, 5) is 12.2. The lowest BCUT2D eigenvalue weighted by atomic mass is 10.1. The lowest BCUT2D eigenvalue weighted by Crippen LogP contribution is -2.15. The summed E-state index contributed by atoms with van der Waals surface area (Å²) in [5.41, 5.74) is 1.54. The first-order valence-corrected chi connectivity index (χ1v) is 9.80. The van der Waals surface area contributed by atoms with E-state index < -0.39 is 0 Å². The Hall–Kier alpha value is -2.51. The fourth-order valence-corrected chi connectivity index (χ4v) is 3.56. The van der Waals surface area contributed by atoms with E-state index in [0.29, 0.717) is 22.3 Å². The van der Waals surface area contributed by atoms with Crippen LogP contribution in [0.25, 0.3) is 0 Å². The number of halogens is 1. The summed E-state index contributed by atoms with van der Waals surface area (Å²) in [5.74, 6) is 0.833. The van der Waals surface area contributed by atoms with Gasteiger partial charge >= 0.3 is 0 Å². The number of anilines is 1. The van der Waals surface area contributed by atoms with E-state index in [2.05, 4.69) is 15.5 Å². The van der Waals surface area contributed by atoms with Gasteiger partial charge in [0.05, 0.1) is 16.5 Å². The summed E-state index contributed by atoms with van der Waals surface area (Å²) in [5, 5.41) is 21.8. The number of carbonyl (C=O) groups is 1. The molecule has 2 aromatic carbocycles. The molecule has 3 rings (SSSR count). The molecule has 0 fully saturated rings. The van der Waals surface area contributed by atoms with Gasteiger partial charge in [0.15, 0.2) is 5.16 Å². The van der Waals surface area contributed by atoms with Gasteiger partial charge in [-0.2, -0.15) is 0 Å².